The molecule has 5 nitrogen and oxygen atoms in total. The van der Waals surface area contributed by atoms with Gasteiger partial charge in [0.05, 0.1) is 0 Å². The lowest BCUT2D eigenvalue weighted by atomic mass is 9.67. The van der Waals surface area contributed by atoms with Crippen molar-refractivity contribution in [2.24, 2.45) is 17.6 Å². The number of aromatic nitrogens is 1. The van der Waals surface area contributed by atoms with Gasteiger partial charge in [0.1, 0.15) is 5.76 Å². The first-order chi connectivity index (χ1) is 10.7. The Labute approximate surface area is 131 Å². The minimum Gasteiger partial charge on any atom is -0.360 e. The highest BCUT2D eigenvalue weighted by Gasteiger charge is 2.40. The van der Waals surface area contributed by atoms with Crippen LogP contribution in [0.5, 0.6) is 0 Å². The van der Waals surface area contributed by atoms with E-state index in [1.165, 1.54) is 19.3 Å². The number of nitrogens with one attached hydrogen (secondary N) is 1. The molecule has 2 saturated carbocycles. The van der Waals surface area contributed by atoms with Crippen molar-refractivity contribution in [3.05, 3.63) is 17.0 Å². The Kier molecular flexibility index (Phi) is 3.68. The molecule has 1 aromatic heterocycles. The first kappa shape index (κ1) is 14.2. The average molecular weight is 303 g/mol. The Morgan fingerprint density at radius 2 is 1.86 bits per heavy atom. The summed E-state index contributed by atoms with van der Waals surface area (Å²) < 4.78 is 5.38. The molecule has 2 atom stereocenters. The maximum absolute atomic E-state index is 12.7. The quantitative estimate of drug-likeness (QED) is 0.877. The number of hydrogen-bond donors (Lipinski definition) is 2. The third-order valence-electron chi connectivity index (χ3n) is 5.84. The second kappa shape index (κ2) is 5.69. The molecular weight excluding hydrogens is 278 g/mol. The highest BCUT2D eigenvalue weighted by molar-refractivity contribution is 5.94. The Hall–Kier alpha value is -1.36. The fourth-order valence-electron chi connectivity index (χ4n) is 4.81. The molecule has 0 saturated heterocycles. The van der Waals surface area contributed by atoms with Crippen LogP contribution in [-0.4, -0.2) is 23.1 Å². The van der Waals surface area contributed by atoms with E-state index in [-0.39, 0.29) is 11.9 Å². The molecule has 5 heteroatoms. The van der Waals surface area contributed by atoms with Crippen LogP contribution in [0.15, 0.2) is 4.52 Å². The summed E-state index contributed by atoms with van der Waals surface area (Å²) in [6.45, 7) is 0. The van der Waals surface area contributed by atoms with Gasteiger partial charge in [-0.2, -0.15) is 0 Å². The Bertz CT molecular complexity index is 554. The van der Waals surface area contributed by atoms with Crippen LogP contribution in [0, 0.1) is 11.8 Å². The number of nitrogens with zero attached hydrogens (tertiary/aromatic N) is 1. The number of fused-ring (bicyclic) bond motifs is 3. The van der Waals surface area contributed by atoms with Gasteiger partial charge in [-0.05, 0) is 56.8 Å². The summed E-state index contributed by atoms with van der Waals surface area (Å²) in [5, 5.41) is 7.34. The molecule has 3 aliphatic rings. The van der Waals surface area contributed by atoms with Crippen molar-refractivity contribution in [2.75, 3.05) is 0 Å². The lowest BCUT2D eigenvalue weighted by Crippen LogP contribution is -2.53. The lowest BCUT2D eigenvalue weighted by molar-refractivity contribution is 0.0747. The number of amides is 1. The summed E-state index contributed by atoms with van der Waals surface area (Å²) >= 11 is 0. The van der Waals surface area contributed by atoms with Gasteiger partial charge in [0.25, 0.3) is 5.91 Å². The summed E-state index contributed by atoms with van der Waals surface area (Å²) in [4.78, 5) is 12.7. The molecule has 3 N–H and O–H groups in total. The molecule has 0 aromatic carbocycles. The van der Waals surface area contributed by atoms with Crippen LogP contribution in [0.25, 0.3) is 0 Å². The Morgan fingerprint density at radius 3 is 2.64 bits per heavy atom. The molecule has 0 spiro atoms. The zero-order valence-electron chi connectivity index (χ0n) is 13.0. The Balaban J connectivity index is 1.51. The number of hydrogen-bond acceptors (Lipinski definition) is 4. The molecule has 1 heterocycles. The predicted molar refractivity (Wildman–Crippen MR) is 82.4 cm³/mol. The molecule has 2 unspecified atom stereocenters. The van der Waals surface area contributed by atoms with Crippen molar-refractivity contribution in [2.45, 2.75) is 69.9 Å². The van der Waals surface area contributed by atoms with Gasteiger partial charge < -0.3 is 15.6 Å². The van der Waals surface area contributed by atoms with E-state index in [0.29, 0.717) is 23.6 Å². The standard InChI is InChI=1S/C17H25N3O2/c18-12-8-10-4-3-5-11(9-12)15(10)19-17(21)16-13-6-1-2-7-14(13)22-20-16/h10-12,15H,1-9,18H2,(H,19,21). The molecule has 120 valence electrons. The van der Waals surface area contributed by atoms with E-state index in [1.807, 2.05) is 0 Å². The number of carbonyl (C=O) groups is 1. The number of rotatable bonds is 2. The summed E-state index contributed by atoms with van der Waals surface area (Å²) in [6.07, 6.45) is 9.82. The predicted octanol–water partition coefficient (Wildman–Crippen LogP) is 2.19. The fraction of sp³-hybridized carbons (Fsp3) is 0.765. The lowest BCUT2D eigenvalue weighted by Gasteiger charge is -2.45. The third kappa shape index (κ3) is 2.45. The zero-order valence-corrected chi connectivity index (χ0v) is 13.0. The summed E-state index contributed by atoms with van der Waals surface area (Å²) in [5.41, 5.74) is 7.74. The van der Waals surface area contributed by atoms with Crippen LogP contribution in [0.3, 0.4) is 0 Å². The molecule has 0 radical (unpaired) electrons. The van der Waals surface area contributed by atoms with Crippen LogP contribution in [0.2, 0.25) is 0 Å². The summed E-state index contributed by atoms with van der Waals surface area (Å²) in [5.74, 6) is 1.95. The summed E-state index contributed by atoms with van der Waals surface area (Å²) in [6, 6.07) is 0.584. The van der Waals surface area contributed by atoms with Gasteiger partial charge in [-0.3, -0.25) is 4.79 Å². The maximum atomic E-state index is 12.7. The number of carbonyl (C=O) groups excluding carboxylic acids is 1. The number of nitrogens with two attached hydrogens (primary N) is 1. The van der Waals surface area contributed by atoms with Crippen LogP contribution in [0.1, 0.15) is 66.8 Å². The molecule has 3 aliphatic carbocycles. The fourth-order valence-corrected chi connectivity index (χ4v) is 4.81. The third-order valence-corrected chi connectivity index (χ3v) is 5.84. The first-order valence-corrected chi connectivity index (χ1v) is 8.76. The minimum atomic E-state index is -0.0377. The monoisotopic (exact) mass is 303 g/mol. The van der Waals surface area contributed by atoms with E-state index in [2.05, 4.69) is 10.5 Å². The zero-order chi connectivity index (χ0) is 15.1. The smallest absolute Gasteiger partial charge is 0.274 e. The van der Waals surface area contributed by atoms with Gasteiger partial charge in [-0.15, -0.1) is 0 Å². The highest BCUT2D eigenvalue weighted by atomic mass is 16.5. The van der Waals surface area contributed by atoms with E-state index in [4.69, 9.17) is 10.3 Å². The highest BCUT2D eigenvalue weighted by Crippen LogP contribution is 2.39. The molecule has 22 heavy (non-hydrogen) atoms. The van der Waals surface area contributed by atoms with Crippen molar-refractivity contribution in [1.82, 2.24) is 10.5 Å². The van der Waals surface area contributed by atoms with E-state index in [1.54, 1.807) is 0 Å². The van der Waals surface area contributed by atoms with Gasteiger partial charge in [-0.1, -0.05) is 11.6 Å². The molecule has 2 bridgehead atoms. The summed E-state index contributed by atoms with van der Waals surface area (Å²) in [7, 11) is 0. The normalized spacial score (nSPS) is 34.0. The molecule has 2 fully saturated rings. The molecule has 1 aromatic rings. The van der Waals surface area contributed by atoms with E-state index >= 15 is 0 Å². The van der Waals surface area contributed by atoms with Crippen molar-refractivity contribution >= 4 is 5.91 Å². The molecular formula is C17H25N3O2. The van der Waals surface area contributed by atoms with E-state index in [0.717, 1.165) is 49.8 Å². The second-order valence-electron chi connectivity index (χ2n) is 7.32. The average Bonchev–Trinajstić information content (AvgIpc) is 2.92. The van der Waals surface area contributed by atoms with Gasteiger partial charge in [-0.25, -0.2) is 0 Å². The second-order valence-corrected chi connectivity index (χ2v) is 7.32. The SMILES string of the molecule is NC1CC2CCCC(C1)C2NC(=O)c1noc2c1CCCC2. The van der Waals surface area contributed by atoms with Crippen LogP contribution < -0.4 is 11.1 Å². The van der Waals surface area contributed by atoms with Gasteiger partial charge in [0.2, 0.25) is 0 Å². The Morgan fingerprint density at radius 1 is 1.14 bits per heavy atom. The van der Waals surface area contributed by atoms with Gasteiger partial charge in [0.15, 0.2) is 5.69 Å². The van der Waals surface area contributed by atoms with Crippen LogP contribution >= 0.6 is 0 Å². The van der Waals surface area contributed by atoms with Gasteiger partial charge >= 0.3 is 0 Å². The molecule has 4 rings (SSSR count). The minimum absolute atomic E-state index is 0.0377. The van der Waals surface area contributed by atoms with Crippen molar-refractivity contribution in [3.8, 4) is 0 Å². The molecule has 0 aliphatic heterocycles. The van der Waals surface area contributed by atoms with Crippen molar-refractivity contribution < 1.29 is 9.32 Å². The van der Waals surface area contributed by atoms with E-state index < -0.39 is 0 Å². The molecule has 1 amide bonds. The van der Waals surface area contributed by atoms with Crippen LogP contribution in [-0.2, 0) is 12.8 Å². The van der Waals surface area contributed by atoms with Gasteiger partial charge in [0, 0.05) is 24.1 Å². The first-order valence-electron chi connectivity index (χ1n) is 8.76. The number of aryl methyl sites for hydroxylation is 1. The van der Waals surface area contributed by atoms with Crippen LogP contribution in [0.4, 0.5) is 0 Å². The van der Waals surface area contributed by atoms with Crippen molar-refractivity contribution in [3.63, 3.8) is 0 Å². The topological polar surface area (TPSA) is 81.1 Å². The van der Waals surface area contributed by atoms with Crippen molar-refractivity contribution in [1.29, 1.82) is 0 Å². The maximum Gasteiger partial charge on any atom is 0.274 e. The largest absolute Gasteiger partial charge is 0.360 e. The van der Waals surface area contributed by atoms with E-state index in [9.17, 15) is 4.79 Å².